The molecule has 0 unspecified atom stereocenters. The minimum Gasteiger partial charge on any atom is -0.871 e. The zero-order valence-corrected chi connectivity index (χ0v) is 37.5. The second-order valence-electron chi connectivity index (χ2n) is 13.7. The Kier molecular flexibility index (Phi) is 14.9. The van der Waals surface area contributed by atoms with Gasteiger partial charge in [-0.1, -0.05) is 71.5 Å². The summed E-state index contributed by atoms with van der Waals surface area (Å²) in [4.78, 5) is 21.2. The standard InChI is InChI=1S/C41H30N6O15S3.2Cu/c1-20(48)42-31-19-27(63(54,55)56)14-25-18-35(65(60,61)62)38(40(52)36(25)31)47-45-30-12-8-23(16-33(30)50)22-7-11-29(32(49)15-22)44-46-37-34(64(57,58)59)17-24-13-26(9-10-28(24)39(37)51)43-41(53)21-5-3-2-4-6-21;;/h2-19,49-52H,1H3,(H,42,48)(H,43,53)(H,54,55,56)(H,57,58,59)(H,60,61,62);;/q;2*+2/p-7. The van der Waals surface area contributed by atoms with E-state index in [0.717, 1.165) is 37.3 Å². The summed E-state index contributed by atoms with van der Waals surface area (Å²) in [5.41, 5.74) is -2.75. The van der Waals surface area contributed by atoms with Crippen LogP contribution in [0.4, 0.5) is 34.1 Å². The Labute approximate surface area is 400 Å². The van der Waals surface area contributed by atoms with Gasteiger partial charge >= 0.3 is 34.1 Å². The molecule has 0 aliphatic carbocycles. The van der Waals surface area contributed by atoms with E-state index in [1.807, 2.05) is 0 Å². The largest absolute Gasteiger partial charge is 2.00 e. The molecular weight excluding hydrogens is 1040 g/mol. The summed E-state index contributed by atoms with van der Waals surface area (Å²) in [6, 6.07) is 21.5. The topological polar surface area (TPSA) is 371 Å². The van der Waals surface area contributed by atoms with Crippen molar-refractivity contribution in [1.82, 2.24) is 0 Å². The number of hydrogen-bond acceptors (Lipinski definition) is 19. The molecule has 7 rings (SSSR count). The molecule has 2 amide bonds. The van der Waals surface area contributed by atoms with Gasteiger partial charge in [0, 0.05) is 23.9 Å². The van der Waals surface area contributed by atoms with Gasteiger partial charge in [0.15, 0.2) is 0 Å². The van der Waals surface area contributed by atoms with E-state index in [2.05, 4.69) is 31.1 Å². The molecule has 2 N–H and O–H groups in total. The fourth-order valence-electron chi connectivity index (χ4n) is 6.42. The fraction of sp³-hybridized carbons (Fsp3) is 0.0244. The van der Waals surface area contributed by atoms with Crippen LogP contribution in [0.5, 0.6) is 23.0 Å². The van der Waals surface area contributed by atoms with E-state index in [4.69, 9.17) is 0 Å². The average molecular weight is 1060 g/mol. The Hall–Kier alpha value is -6.83. The molecule has 0 aliphatic rings. The Balaban J connectivity index is 0.00000420. The number of fused-ring (bicyclic) bond motifs is 2. The first-order valence-corrected chi connectivity index (χ1v) is 22.3. The smallest absolute Gasteiger partial charge is 0.871 e. The number of nitrogens with one attached hydrogen (secondary N) is 2. The van der Waals surface area contributed by atoms with E-state index in [0.29, 0.717) is 23.8 Å². The SMILES string of the molecule is CC(=O)Nc1cc(S(=O)(=O)[O-])cc2cc(S(=O)(=O)[O-])c(N=Nc3ccc(-c4ccc(N=Nc5c(S(=O)(=O)[O-])cc6cc(NC(=O)c7ccccc7)ccc6c5[O-])c([O-])c4)cc3[O-])c([O-])c12.[Cu+2].[Cu+2]. The summed E-state index contributed by atoms with van der Waals surface area (Å²) < 4.78 is 109. The molecular formula is C41H23Cu2N6O15S3-3. The number of hydrogen-bond donors (Lipinski definition) is 2. The van der Waals surface area contributed by atoms with E-state index in [1.165, 1.54) is 30.3 Å². The number of carbonyl (C=O) groups is 2. The number of nitrogens with zero attached hydrogens (tertiary/aromatic N) is 4. The van der Waals surface area contributed by atoms with Crippen molar-refractivity contribution in [2.45, 2.75) is 21.6 Å². The molecule has 7 aromatic carbocycles. The predicted octanol–water partition coefficient (Wildman–Crippen LogP) is 4.70. The van der Waals surface area contributed by atoms with Gasteiger partial charge in [0.25, 0.3) is 5.91 Å². The van der Waals surface area contributed by atoms with Crippen LogP contribution in [0.2, 0.25) is 0 Å². The van der Waals surface area contributed by atoms with Crippen molar-refractivity contribution in [3.63, 3.8) is 0 Å². The maximum Gasteiger partial charge on any atom is 2.00 e. The van der Waals surface area contributed by atoms with Crippen LogP contribution in [0.1, 0.15) is 17.3 Å². The molecule has 0 heterocycles. The van der Waals surface area contributed by atoms with Crippen molar-refractivity contribution in [1.29, 1.82) is 0 Å². The molecule has 0 aromatic heterocycles. The zero-order valence-electron chi connectivity index (χ0n) is 33.1. The monoisotopic (exact) mass is 1060 g/mol. The van der Waals surface area contributed by atoms with Crippen LogP contribution < -0.4 is 31.1 Å². The zero-order chi connectivity index (χ0) is 47.2. The van der Waals surface area contributed by atoms with Crippen molar-refractivity contribution in [3.05, 3.63) is 115 Å². The molecule has 0 fully saturated rings. The molecule has 0 aliphatic heterocycles. The van der Waals surface area contributed by atoms with Gasteiger partial charge in [-0.05, 0) is 93.3 Å². The number of anilines is 2. The summed E-state index contributed by atoms with van der Waals surface area (Å²) in [5.74, 6) is -5.44. The van der Waals surface area contributed by atoms with Gasteiger partial charge in [-0.2, -0.15) is 10.2 Å². The maximum absolute atomic E-state index is 13.6. The third-order valence-electron chi connectivity index (χ3n) is 9.34. The van der Waals surface area contributed by atoms with Crippen LogP contribution in [0.3, 0.4) is 0 Å². The second-order valence-corrected chi connectivity index (χ2v) is 17.8. The quantitative estimate of drug-likeness (QED) is 0.101. The third-order valence-corrected chi connectivity index (χ3v) is 11.8. The van der Waals surface area contributed by atoms with Crippen LogP contribution >= 0.6 is 0 Å². The van der Waals surface area contributed by atoms with Crippen molar-refractivity contribution >= 4 is 97.8 Å². The number of azo groups is 2. The summed E-state index contributed by atoms with van der Waals surface area (Å²) in [7, 11) is -16.1. The molecule has 350 valence electrons. The average Bonchev–Trinajstić information content (AvgIpc) is 3.22. The van der Waals surface area contributed by atoms with Gasteiger partial charge in [-0.3, -0.25) is 9.59 Å². The van der Waals surface area contributed by atoms with E-state index in [-0.39, 0.29) is 61.7 Å². The van der Waals surface area contributed by atoms with E-state index >= 15 is 0 Å². The molecule has 2 radical (unpaired) electrons. The second kappa shape index (κ2) is 19.6. The molecule has 0 saturated heterocycles. The number of benzene rings is 7. The third kappa shape index (κ3) is 11.1. The van der Waals surface area contributed by atoms with Crippen molar-refractivity contribution < 1.29 is 103 Å². The summed E-state index contributed by atoms with van der Waals surface area (Å²) in [5, 5.41) is 71.4. The minimum atomic E-state index is -5.56. The van der Waals surface area contributed by atoms with E-state index in [9.17, 15) is 68.9 Å². The van der Waals surface area contributed by atoms with Crippen molar-refractivity contribution in [3.8, 4) is 34.1 Å². The Morgan fingerprint density at radius 3 is 1.55 bits per heavy atom. The summed E-state index contributed by atoms with van der Waals surface area (Å²) in [6.45, 7) is 0.983. The van der Waals surface area contributed by atoms with Crippen LogP contribution in [0, 0.1) is 0 Å². The van der Waals surface area contributed by atoms with Crippen LogP contribution in [-0.4, -0.2) is 50.7 Å². The predicted molar refractivity (Wildman–Crippen MR) is 218 cm³/mol. The minimum absolute atomic E-state index is 0. The van der Waals surface area contributed by atoms with Crippen molar-refractivity contribution in [2.75, 3.05) is 10.6 Å². The van der Waals surface area contributed by atoms with E-state index < -0.39 is 119 Å². The molecule has 26 heteroatoms. The van der Waals surface area contributed by atoms with Gasteiger partial charge in [0.1, 0.15) is 30.4 Å². The van der Waals surface area contributed by atoms with Crippen LogP contribution in [0.25, 0.3) is 32.7 Å². The number of carbonyl (C=O) groups excluding carboxylic acids is 2. The van der Waals surface area contributed by atoms with Gasteiger partial charge < -0.3 is 44.7 Å². The fourth-order valence-corrected chi connectivity index (χ4v) is 8.23. The van der Waals surface area contributed by atoms with Gasteiger partial charge in [0.2, 0.25) is 5.91 Å². The number of rotatable bonds is 11. The molecule has 7 aromatic rings. The first-order chi connectivity index (χ1) is 30.5. The maximum atomic E-state index is 13.6. The molecule has 0 saturated carbocycles. The molecule has 67 heavy (non-hydrogen) atoms. The summed E-state index contributed by atoms with van der Waals surface area (Å²) >= 11 is 0. The summed E-state index contributed by atoms with van der Waals surface area (Å²) in [6.07, 6.45) is 0. The number of amides is 2. The first kappa shape index (κ1) is 51.2. The molecule has 0 spiro atoms. The molecule has 21 nitrogen and oxygen atoms in total. The molecule has 0 bridgehead atoms. The van der Waals surface area contributed by atoms with Gasteiger partial charge in [-0.15, -0.1) is 10.2 Å². The van der Waals surface area contributed by atoms with Gasteiger partial charge in [-0.25, -0.2) is 25.3 Å². The Morgan fingerprint density at radius 2 is 1.06 bits per heavy atom. The molecule has 0 atom stereocenters. The normalized spacial score (nSPS) is 11.9. The Bertz CT molecular complexity index is 3580. The van der Waals surface area contributed by atoms with Crippen LogP contribution in [-0.2, 0) is 69.3 Å². The van der Waals surface area contributed by atoms with Gasteiger partial charge in [0.05, 0.1) is 37.4 Å². The first-order valence-electron chi connectivity index (χ1n) is 18.1. The Morgan fingerprint density at radius 1 is 0.537 bits per heavy atom. The van der Waals surface area contributed by atoms with Crippen LogP contribution in [0.15, 0.2) is 144 Å². The van der Waals surface area contributed by atoms with Crippen molar-refractivity contribution in [2.24, 2.45) is 20.5 Å². The van der Waals surface area contributed by atoms with E-state index in [1.54, 1.807) is 30.3 Å².